The van der Waals surface area contributed by atoms with Gasteiger partial charge in [-0.2, -0.15) is 0 Å². The van der Waals surface area contributed by atoms with E-state index in [0.29, 0.717) is 26.4 Å². The summed E-state index contributed by atoms with van der Waals surface area (Å²) in [5.41, 5.74) is 2.01. The SMILES string of the molecule is CCOCCCNC(=O)C=Cc1cc2c(cc1OCC)CC(C)O2. The van der Waals surface area contributed by atoms with Gasteiger partial charge in [0.2, 0.25) is 5.91 Å². The lowest BCUT2D eigenvalue weighted by Gasteiger charge is -2.10. The third-order valence-electron chi connectivity index (χ3n) is 3.71. The molecule has 0 fully saturated rings. The van der Waals surface area contributed by atoms with E-state index in [1.807, 2.05) is 32.9 Å². The van der Waals surface area contributed by atoms with Crippen molar-refractivity contribution in [3.05, 3.63) is 29.3 Å². The molecule has 5 heteroatoms. The Morgan fingerprint density at radius 1 is 1.38 bits per heavy atom. The van der Waals surface area contributed by atoms with Crippen LogP contribution in [0.4, 0.5) is 0 Å². The smallest absolute Gasteiger partial charge is 0.244 e. The predicted molar refractivity (Wildman–Crippen MR) is 94.6 cm³/mol. The van der Waals surface area contributed by atoms with E-state index in [1.165, 1.54) is 6.08 Å². The molecule has 132 valence electrons. The standard InChI is InChI=1S/C19H27NO4/c1-4-22-10-6-9-20-19(21)8-7-15-12-18-16(11-14(3)24-18)13-17(15)23-5-2/h7-8,12-14H,4-6,9-11H2,1-3H3,(H,20,21). The van der Waals surface area contributed by atoms with Crippen molar-refractivity contribution in [1.82, 2.24) is 5.32 Å². The molecule has 1 atom stereocenters. The average Bonchev–Trinajstić information content (AvgIpc) is 2.91. The molecule has 1 unspecified atom stereocenters. The fraction of sp³-hybridized carbons (Fsp3) is 0.526. The summed E-state index contributed by atoms with van der Waals surface area (Å²) in [6.07, 6.45) is 5.18. The van der Waals surface area contributed by atoms with Crippen molar-refractivity contribution < 1.29 is 19.0 Å². The summed E-state index contributed by atoms with van der Waals surface area (Å²) in [5.74, 6) is 1.54. The predicted octanol–water partition coefficient (Wildman–Crippen LogP) is 2.96. The number of carbonyl (C=O) groups is 1. The zero-order valence-corrected chi connectivity index (χ0v) is 14.8. The summed E-state index contributed by atoms with van der Waals surface area (Å²) in [6, 6.07) is 3.96. The number of nitrogens with one attached hydrogen (secondary N) is 1. The molecular weight excluding hydrogens is 306 g/mol. The van der Waals surface area contributed by atoms with Gasteiger partial charge in [0.25, 0.3) is 0 Å². The van der Waals surface area contributed by atoms with Crippen molar-refractivity contribution in [2.24, 2.45) is 0 Å². The third kappa shape index (κ3) is 5.27. The molecule has 0 bridgehead atoms. The average molecular weight is 333 g/mol. The first-order valence-electron chi connectivity index (χ1n) is 8.64. The Morgan fingerprint density at radius 2 is 2.21 bits per heavy atom. The highest BCUT2D eigenvalue weighted by Crippen LogP contribution is 2.35. The van der Waals surface area contributed by atoms with Gasteiger partial charge in [-0.1, -0.05) is 0 Å². The van der Waals surface area contributed by atoms with E-state index in [1.54, 1.807) is 6.08 Å². The van der Waals surface area contributed by atoms with E-state index in [-0.39, 0.29) is 12.0 Å². The van der Waals surface area contributed by atoms with Crippen molar-refractivity contribution in [1.29, 1.82) is 0 Å². The first-order valence-corrected chi connectivity index (χ1v) is 8.64. The Balaban J connectivity index is 1.97. The molecule has 24 heavy (non-hydrogen) atoms. The van der Waals surface area contributed by atoms with Crippen LogP contribution in [-0.4, -0.2) is 38.4 Å². The van der Waals surface area contributed by atoms with Gasteiger partial charge >= 0.3 is 0 Å². The Bertz CT molecular complexity index is 583. The van der Waals surface area contributed by atoms with Crippen molar-refractivity contribution in [2.45, 2.75) is 39.7 Å². The van der Waals surface area contributed by atoms with E-state index in [0.717, 1.165) is 35.5 Å². The van der Waals surface area contributed by atoms with Crippen molar-refractivity contribution in [2.75, 3.05) is 26.4 Å². The van der Waals surface area contributed by atoms with E-state index in [9.17, 15) is 4.79 Å². The second-order valence-corrected chi connectivity index (χ2v) is 5.74. The molecule has 0 aliphatic carbocycles. The largest absolute Gasteiger partial charge is 0.493 e. The number of hydrogen-bond acceptors (Lipinski definition) is 4. The minimum absolute atomic E-state index is 0.122. The number of amides is 1. The Hall–Kier alpha value is -2.01. The van der Waals surface area contributed by atoms with Crippen LogP contribution in [0.3, 0.4) is 0 Å². The van der Waals surface area contributed by atoms with Crippen molar-refractivity contribution in [3.63, 3.8) is 0 Å². The highest BCUT2D eigenvalue weighted by Gasteiger charge is 2.21. The summed E-state index contributed by atoms with van der Waals surface area (Å²) in [5, 5.41) is 2.84. The maximum Gasteiger partial charge on any atom is 0.244 e. The van der Waals surface area contributed by atoms with Crippen LogP contribution in [0.2, 0.25) is 0 Å². The lowest BCUT2D eigenvalue weighted by atomic mass is 10.1. The molecule has 0 saturated carbocycles. The topological polar surface area (TPSA) is 56.8 Å². The van der Waals surface area contributed by atoms with Gasteiger partial charge in [-0.25, -0.2) is 0 Å². The van der Waals surface area contributed by atoms with Crippen LogP contribution in [0.5, 0.6) is 11.5 Å². The normalized spacial score (nSPS) is 16.0. The van der Waals surface area contributed by atoms with E-state index < -0.39 is 0 Å². The molecule has 0 saturated heterocycles. The molecule has 5 nitrogen and oxygen atoms in total. The quantitative estimate of drug-likeness (QED) is 0.557. The molecule has 1 aromatic carbocycles. The molecule has 1 N–H and O–H groups in total. The molecule has 1 aliphatic rings. The number of rotatable bonds is 9. The molecular formula is C19H27NO4. The van der Waals surface area contributed by atoms with Gasteiger partial charge in [-0.3, -0.25) is 4.79 Å². The molecule has 0 spiro atoms. The van der Waals surface area contributed by atoms with Gasteiger partial charge in [0, 0.05) is 43.4 Å². The second-order valence-electron chi connectivity index (χ2n) is 5.74. The first kappa shape index (κ1) is 18.3. The van der Waals surface area contributed by atoms with Crippen LogP contribution >= 0.6 is 0 Å². The number of ether oxygens (including phenoxy) is 3. The minimum atomic E-state index is -0.122. The van der Waals surface area contributed by atoms with Gasteiger partial charge < -0.3 is 19.5 Å². The number of benzene rings is 1. The summed E-state index contributed by atoms with van der Waals surface area (Å²) in [6.45, 7) is 8.50. The van der Waals surface area contributed by atoms with Gasteiger partial charge in [0.05, 0.1) is 6.61 Å². The number of fused-ring (bicyclic) bond motifs is 1. The Labute approximate surface area is 144 Å². The van der Waals surface area contributed by atoms with Crippen molar-refractivity contribution >= 4 is 12.0 Å². The fourth-order valence-corrected chi connectivity index (χ4v) is 2.62. The van der Waals surface area contributed by atoms with Gasteiger partial charge in [0.1, 0.15) is 17.6 Å². The molecule has 0 radical (unpaired) electrons. The van der Waals surface area contributed by atoms with Crippen molar-refractivity contribution in [3.8, 4) is 11.5 Å². The maximum atomic E-state index is 11.9. The molecule has 1 amide bonds. The lowest BCUT2D eigenvalue weighted by Crippen LogP contribution is -2.23. The van der Waals surface area contributed by atoms with Gasteiger partial charge in [-0.05, 0) is 45.4 Å². The lowest BCUT2D eigenvalue weighted by molar-refractivity contribution is -0.116. The maximum absolute atomic E-state index is 11.9. The van der Waals surface area contributed by atoms with Gasteiger partial charge in [0.15, 0.2) is 0 Å². The molecule has 2 rings (SSSR count). The molecule has 1 aliphatic heterocycles. The number of hydrogen-bond donors (Lipinski definition) is 1. The first-order chi connectivity index (χ1) is 11.6. The monoisotopic (exact) mass is 333 g/mol. The highest BCUT2D eigenvalue weighted by atomic mass is 16.5. The van der Waals surface area contributed by atoms with E-state index >= 15 is 0 Å². The molecule has 1 heterocycles. The van der Waals surface area contributed by atoms with Crippen LogP contribution in [0, 0.1) is 0 Å². The highest BCUT2D eigenvalue weighted by molar-refractivity contribution is 5.92. The third-order valence-corrected chi connectivity index (χ3v) is 3.71. The van der Waals surface area contributed by atoms with E-state index in [4.69, 9.17) is 14.2 Å². The summed E-state index contributed by atoms with van der Waals surface area (Å²) < 4.78 is 16.7. The Kier molecular flexibility index (Phi) is 7.12. The van der Waals surface area contributed by atoms with Crippen LogP contribution in [0.15, 0.2) is 18.2 Å². The van der Waals surface area contributed by atoms with Crippen LogP contribution < -0.4 is 14.8 Å². The summed E-state index contributed by atoms with van der Waals surface area (Å²) in [4.78, 5) is 11.9. The zero-order chi connectivity index (χ0) is 17.4. The van der Waals surface area contributed by atoms with Crippen LogP contribution in [0.25, 0.3) is 6.08 Å². The Morgan fingerprint density at radius 3 is 2.96 bits per heavy atom. The summed E-state index contributed by atoms with van der Waals surface area (Å²) >= 11 is 0. The second kappa shape index (κ2) is 9.33. The molecule has 0 aromatic heterocycles. The summed E-state index contributed by atoms with van der Waals surface area (Å²) in [7, 11) is 0. The van der Waals surface area contributed by atoms with Crippen LogP contribution in [0.1, 0.15) is 38.3 Å². The van der Waals surface area contributed by atoms with E-state index in [2.05, 4.69) is 5.32 Å². The zero-order valence-electron chi connectivity index (χ0n) is 14.8. The molecule has 1 aromatic rings. The minimum Gasteiger partial charge on any atom is -0.493 e. The van der Waals surface area contributed by atoms with Gasteiger partial charge in [-0.15, -0.1) is 0 Å². The van der Waals surface area contributed by atoms with Crippen LogP contribution in [-0.2, 0) is 16.0 Å². The fourth-order valence-electron chi connectivity index (χ4n) is 2.62. The number of carbonyl (C=O) groups excluding carboxylic acids is 1.